The Bertz CT molecular complexity index is 836. The number of aromatic nitrogens is 1. The first-order chi connectivity index (χ1) is 13.0. The molecule has 4 nitrogen and oxygen atoms in total. The number of pyridine rings is 1. The Hall–Kier alpha value is -2.31. The number of halogens is 1. The molecule has 1 aromatic heterocycles. The van der Waals surface area contributed by atoms with E-state index in [1.54, 1.807) is 24.9 Å². The molecule has 0 unspecified atom stereocenters. The lowest BCUT2D eigenvalue weighted by Crippen LogP contribution is -2.21. The Morgan fingerprint density at radius 2 is 2.11 bits per heavy atom. The van der Waals surface area contributed by atoms with Crippen molar-refractivity contribution < 1.29 is 9.13 Å². The zero-order valence-electron chi connectivity index (χ0n) is 16.2. The van der Waals surface area contributed by atoms with E-state index >= 15 is 0 Å². The van der Waals surface area contributed by atoms with Gasteiger partial charge in [-0.1, -0.05) is 18.2 Å². The van der Waals surface area contributed by atoms with E-state index in [1.165, 1.54) is 11.0 Å². The average Bonchev–Trinajstić information content (AvgIpc) is 2.68. The van der Waals surface area contributed by atoms with Crippen LogP contribution < -0.4 is 15.4 Å². The molecule has 0 radical (unpaired) electrons. The van der Waals surface area contributed by atoms with Crippen molar-refractivity contribution in [1.82, 2.24) is 4.98 Å². The van der Waals surface area contributed by atoms with E-state index in [-0.39, 0.29) is 18.9 Å². The van der Waals surface area contributed by atoms with Gasteiger partial charge in [0.15, 0.2) is 0 Å². The van der Waals surface area contributed by atoms with E-state index in [9.17, 15) is 4.39 Å². The molecule has 144 valence electrons. The molecule has 2 aromatic rings. The quantitative estimate of drug-likeness (QED) is 0.675. The lowest BCUT2D eigenvalue weighted by Gasteiger charge is -2.23. The Morgan fingerprint density at radius 1 is 1.33 bits per heavy atom. The van der Waals surface area contributed by atoms with E-state index in [0.717, 1.165) is 22.5 Å². The predicted molar refractivity (Wildman–Crippen MR) is 113 cm³/mol. The van der Waals surface area contributed by atoms with Crippen LogP contribution in [0, 0.1) is 0 Å². The van der Waals surface area contributed by atoms with Crippen LogP contribution in [0.1, 0.15) is 18.2 Å². The van der Waals surface area contributed by atoms with Crippen molar-refractivity contribution in [2.24, 2.45) is 5.73 Å². The maximum Gasteiger partial charge on any atom is 0.213 e. The van der Waals surface area contributed by atoms with Crippen molar-refractivity contribution in [3.63, 3.8) is 0 Å². The monoisotopic (exact) mass is 387 g/mol. The van der Waals surface area contributed by atoms with Crippen molar-refractivity contribution >= 4 is 23.0 Å². The third-order valence-corrected chi connectivity index (χ3v) is 4.85. The first-order valence-corrected chi connectivity index (χ1v) is 9.88. The molecule has 0 saturated heterocycles. The number of likely N-dealkylation sites (N-methyl/N-ethyl adjacent to an activating group) is 1. The molecule has 0 aliphatic rings. The van der Waals surface area contributed by atoms with Crippen LogP contribution in [-0.4, -0.2) is 38.5 Å². The molecule has 0 aliphatic carbocycles. The second-order valence-corrected chi connectivity index (χ2v) is 6.78. The summed E-state index contributed by atoms with van der Waals surface area (Å²) in [5.74, 6) is 0.244. The van der Waals surface area contributed by atoms with Crippen molar-refractivity contribution in [2.75, 3.05) is 38.4 Å². The van der Waals surface area contributed by atoms with Gasteiger partial charge in [-0.3, -0.25) is 0 Å². The summed E-state index contributed by atoms with van der Waals surface area (Å²) in [5.41, 5.74) is 9.00. The van der Waals surface area contributed by atoms with Crippen LogP contribution in [0.3, 0.4) is 0 Å². The summed E-state index contributed by atoms with van der Waals surface area (Å²) in [6, 6.07) is 12.0. The van der Waals surface area contributed by atoms with Crippen LogP contribution >= 0.6 is 11.8 Å². The second kappa shape index (κ2) is 10.1. The lowest BCUT2D eigenvalue weighted by molar-refractivity contribution is 0.397. The molecule has 0 atom stereocenters. The molecule has 27 heavy (non-hydrogen) atoms. The molecule has 0 bridgehead atoms. The van der Waals surface area contributed by atoms with Gasteiger partial charge in [0.05, 0.1) is 25.0 Å². The van der Waals surface area contributed by atoms with Crippen LogP contribution in [0.5, 0.6) is 5.88 Å². The van der Waals surface area contributed by atoms with E-state index in [4.69, 9.17) is 10.5 Å². The van der Waals surface area contributed by atoms with Crippen molar-refractivity contribution in [3.8, 4) is 5.88 Å². The van der Waals surface area contributed by atoms with Gasteiger partial charge in [-0.25, -0.2) is 9.37 Å². The number of hydrogen-bond acceptors (Lipinski definition) is 5. The van der Waals surface area contributed by atoms with Crippen LogP contribution in [0.4, 0.5) is 10.1 Å². The van der Waals surface area contributed by atoms with Crippen molar-refractivity contribution in [3.05, 3.63) is 65.6 Å². The standard InChI is InChI=1S/C21H26FN3OS/c1-5-18(15-7-6-8-17(13-15)27-4)21-19(9-10-20(24-21)26-3)25(2)14-16(22)11-12-23/h5-11,13H,12,14,23H2,1-4H3/b16-11-,18-5+. The van der Waals surface area contributed by atoms with Gasteiger partial charge in [0.25, 0.3) is 0 Å². The number of anilines is 1. The van der Waals surface area contributed by atoms with E-state index in [0.29, 0.717) is 5.88 Å². The summed E-state index contributed by atoms with van der Waals surface area (Å²) in [4.78, 5) is 7.66. The van der Waals surface area contributed by atoms with Crippen molar-refractivity contribution in [1.29, 1.82) is 0 Å². The summed E-state index contributed by atoms with van der Waals surface area (Å²) >= 11 is 1.69. The van der Waals surface area contributed by atoms with E-state index < -0.39 is 0 Å². The van der Waals surface area contributed by atoms with E-state index in [1.807, 2.05) is 43.3 Å². The van der Waals surface area contributed by atoms with Crippen molar-refractivity contribution in [2.45, 2.75) is 11.8 Å². The molecular formula is C21H26FN3OS. The summed E-state index contributed by atoms with van der Waals surface area (Å²) in [6.07, 6.45) is 5.44. The Labute approximate surface area is 164 Å². The van der Waals surface area contributed by atoms with E-state index in [2.05, 4.69) is 23.2 Å². The topological polar surface area (TPSA) is 51.4 Å². The zero-order chi connectivity index (χ0) is 19.8. The fourth-order valence-electron chi connectivity index (χ4n) is 2.79. The number of ether oxygens (including phenoxy) is 1. The molecule has 2 rings (SSSR count). The summed E-state index contributed by atoms with van der Waals surface area (Å²) in [5, 5.41) is 0. The third kappa shape index (κ3) is 5.34. The molecule has 6 heteroatoms. The largest absolute Gasteiger partial charge is 0.481 e. The van der Waals surface area contributed by atoms with Crippen LogP contribution in [0.2, 0.25) is 0 Å². The Kier molecular flexibility index (Phi) is 7.88. The molecule has 1 heterocycles. The molecule has 2 N–H and O–H groups in total. The van der Waals surface area contributed by atoms with Gasteiger partial charge >= 0.3 is 0 Å². The smallest absolute Gasteiger partial charge is 0.213 e. The van der Waals surface area contributed by atoms with Gasteiger partial charge in [0.2, 0.25) is 5.88 Å². The van der Waals surface area contributed by atoms with Gasteiger partial charge < -0.3 is 15.4 Å². The molecular weight excluding hydrogens is 361 g/mol. The number of benzene rings is 1. The normalized spacial score (nSPS) is 12.2. The highest BCUT2D eigenvalue weighted by atomic mass is 32.2. The molecule has 0 saturated carbocycles. The van der Waals surface area contributed by atoms with Gasteiger partial charge in [-0.05, 0) is 43.0 Å². The van der Waals surface area contributed by atoms with Crippen LogP contribution in [0.15, 0.2) is 59.3 Å². The van der Waals surface area contributed by atoms with Gasteiger partial charge in [0, 0.05) is 30.1 Å². The predicted octanol–water partition coefficient (Wildman–Crippen LogP) is 4.51. The molecule has 0 spiro atoms. The minimum absolute atomic E-state index is 0.125. The molecule has 0 amide bonds. The lowest BCUT2D eigenvalue weighted by atomic mass is 10.0. The summed E-state index contributed by atoms with van der Waals surface area (Å²) in [7, 11) is 3.42. The molecule has 1 aromatic carbocycles. The number of nitrogens with zero attached hydrogens (tertiary/aromatic N) is 2. The third-order valence-electron chi connectivity index (χ3n) is 4.12. The average molecular weight is 388 g/mol. The SMILES string of the molecule is C/C=C(\c1cccc(SC)c1)c1nc(OC)ccc1N(C)C/C(F)=C/CN. The maximum absolute atomic E-state index is 14.0. The minimum Gasteiger partial charge on any atom is -0.481 e. The maximum atomic E-state index is 14.0. The van der Waals surface area contributed by atoms with Gasteiger partial charge in [-0.2, -0.15) is 0 Å². The fraction of sp³-hybridized carbons (Fsp3) is 0.286. The highest BCUT2D eigenvalue weighted by Gasteiger charge is 2.17. The van der Waals surface area contributed by atoms with Crippen LogP contribution in [0.25, 0.3) is 5.57 Å². The number of thioether (sulfide) groups is 1. The Balaban J connectivity index is 2.53. The number of nitrogens with two attached hydrogens (primary N) is 1. The highest BCUT2D eigenvalue weighted by Crippen LogP contribution is 2.33. The molecule has 0 fully saturated rings. The zero-order valence-corrected chi connectivity index (χ0v) is 17.0. The number of allylic oxidation sites excluding steroid dienone is 1. The fourth-order valence-corrected chi connectivity index (χ4v) is 3.25. The highest BCUT2D eigenvalue weighted by molar-refractivity contribution is 7.98. The van der Waals surface area contributed by atoms with Gasteiger partial charge in [0.1, 0.15) is 5.83 Å². The molecule has 0 aliphatic heterocycles. The van der Waals surface area contributed by atoms with Gasteiger partial charge in [-0.15, -0.1) is 11.8 Å². The Morgan fingerprint density at radius 3 is 2.74 bits per heavy atom. The summed E-state index contributed by atoms with van der Waals surface area (Å²) in [6.45, 7) is 2.27. The number of rotatable bonds is 8. The first kappa shape index (κ1) is 21.0. The second-order valence-electron chi connectivity index (χ2n) is 5.90. The minimum atomic E-state index is -0.270. The first-order valence-electron chi connectivity index (χ1n) is 8.65. The number of hydrogen-bond donors (Lipinski definition) is 1. The summed E-state index contributed by atoms with van der Waals surface area (Å²) < 4.78 is 19.3. The van der Waals surface area contributed by atoms with Crippen LogP contribution in [-0.2, 0) is 0 Å². The number of methoxy groups -OCH3 is 1.